The molecule has 1 fully saturated rings. The molecule has 0 unspecified atom stereocenters. The molecule has 0 radical (unpaired) electrons. The maximum Gasteiger partial charge on any atom is 0.309 e. The van der Waals surface area contributed by atoms with Crippen LogP contribution in [-0.4, -0.2) is 18.4 Å². The van der Waals surface area contributed by atoms with E-state index in [0.29, 0.717) is 25.9 Å². The molecule has 0 N–H and O–H groups in total. The van der Waals surface area contributed by atoms with E-state index in [4.69, 9.17) is 4.74 Å². The van der Waals surface area contributed by atoms with Crippen molar-refractivity contribution in [2.75, 3.05) is 6.61 Å². The van der Waals surface area contributed by atoms with Gasteiger partial charge < -0.3 is 4.74 Å². The fourth-order valence-electron chi connectivity index (χ4n) is 2.95. The number of esters is 1. The molecule has 3 nitrogen and oxygen atoms in total. The minimum absolute atomic E-state index is 0.101. The molecule has 1 aromatic carbocycles. The summed E-state index contributed by atoms with van der Waals surface area (Å²) < 4.78 is 5.15. The minimum Gasteiger partial charge on any atom is -0.466 e. The Morgan fingerprint density at radius 2 is 2.05 bits per heavy atom. The molecule has 0 bridgehead atoms. The first-order valence-corrected chi connectivity index (χ1v) is 7.43. The second kappa shape index (κ2) is 7.22. The lowest BCUT2D eigenvalue weighted by atomic mass is 9.76. The summed E-state index contributed by atoms with van der Waals surface area (Å²) in [5.41, 5.74) is 1.26. The molecule has 0 heterocycles. The van der Waals surface area contributed by atoms with Gasteiger partial charge in [-0.15, -0.1) is 0 Å². The van der Waals surface area contributed by atoms with Gasteiger partial charge in [-0.25, -0.2) is 0 Å². The van der Waals surface area contributed by atoms with Gasteiger partial charge in [0.1, 0.15) is 5.78 Å². The number of aryl methyl sites for hydroxylation is 1. The highest BCUT2D eigenvalue weighted by Crippen LogP contribution is 2.32. The monoisotopic (exact) mass is 274 g/mol. The van der Waals surface area contributed by atoms with Gasteiger partial charge in [0, 0.05) is 12.8 Å². The normalized spacial score (nSPS) is 22.6. The van der Waals surface area contributed by atoms with Gasteiger partial charge in [-0.05, 0) is 37.7 Å². The zero-order valence-corrected chi connectivity index (χ0v) is 12.0. The number of hydrogen-bond acceptors (Lipinski definition) is 3. The molecule has 0 spiro atoms. The highest BCUT2D eigenvalue weighted by Gasteiger charge is 2.34. The lowest BCUT2D eigenvalue weighted by molar-refractivity contribution is -0.152. The molecule has 108 valence electrons. The summed E-state index contributed by atoms with van der Waals surface area (Å²) in [6, 6.07) is 10.2. The van der Waals surface area contributed by atoms with Crippen LogP contribution >= 0.6 is 0 Å². The van der Waals surface area contributed by atoms with Gasteiger partial charge in [-0.1, -0.05) is 30.3 Å². The topological polar surface area (TPSA) is 43.4 Å². The maximum atomic E-state index is 12.0. The van der Waals surface area contributed by atoms with E-state index < -0.39 is 0 Å². The van der Waals surface area contributed by atoms with Crippen molar-refractivity contribution >= 4 is 11.8 Å². The van der Waals surface area contributed by atoms with Crippen LogP contribution in [0.5, 0.6) is 0 Å². The van der Waals surface area contributed by atoms with Crippen LogP contribution in [0, 0.1) is 11.8 Å². The molecule has 1 saturated carbocycles. The fourth-order valence-corrected chi connectivity index (χ4v) is 2.95. The van der Waals surface area contributed by atoms with Crippen molar-refractivity contribution in [3.63, 3.8) is 0 Å². The third-order valence-electron chi connectivity index (χ3n) is 4.03. The van der Waals surface area contributed by atoms with E-state index in [0.717, 1.165) is 12.8 Å². The Bertz CT molecular complexity index is 453. The SMILES string of the molecule is CCOC(=O)[C@@H]1CCC(=O)C[C@H]1CCc1ccccc1. The van der Waals surface area contributed by atoms with Gasteiger partial charge >= 0.3 is 5.97 Å². The number of Topliss-reactive ketones (excluding diaryl/α,β-unsaturated/α-hetero) is 1. The molecule has 3 heteroatoms. The average molecular weight is 274 g/mol. The minimum atomic E-state index is -0.127. The second-order valence-electron chi connectivity index (χ2n) is 5.42. The number of carbonyl (C=O) groups is 2. The van der Waals surface area contributed by atoms with Gasteiger partial charge in [0.15, 0.2) is 0 Å². The number of benzene rings is 1. The highest BCUT2D eigenvalue weighted by molar-refractivity contribution is 5.83. The van der Waals surface area contributed by atoms with E-state index in [2.05, 4.69) is 12.1 Å². The third kappa shape index (κ3) is 3.92. The van der Waals surface area contributed by atoms with E-state index in [-0.39, 0.29) is 23.6 Å². The summed E-state index contributed by atoms with van der Waals surface area (Å²) in [6.45, 7) is 2.24. The van der Waals surface area contributed by atoms with Crippen molar-refractivity contribution in [3.05, 3.63) is 35.9 Å². The number of hydrogen-bond donors (Lipinski definition) is 0. The number of rotatable bonds is 5. The molecule has 2 atom stereocenters. The Kier molecular flexibility index (Phi) is 5.33. The summed E-state index contributed by atoms with van der Waals surface area (Å²) in [6.07, 6.45) is 3.48. The van der Waals surface area contributed by atoms with Gasteiger partial charge in [0.05, 0.1) is 12.5 Å². The Morgan fingerprint density at radius 1 is 1.30 bits per heavy atom. The standard InChI is InChI=1S/C17H22O3/c1-2-20-17(19)16-11-10-15(18)12-14(16)9-8-13-6-4-3-5-7-13/h3-7,14,16H,2,8-12H2,1H3/t14-,16-/m1/s1. The van der Waals surface area contributed by atoms with Crippen LogP contribution in [0.25, 0.3) is 0 Å². The molecule has 1 aliphatic carbocycles. The molecule has 1 aliphatic rings. The number of ketones is 1. The number of carbonyl (C=O) groups excluding carboxylic acids is 2. The largest absolute Gasteiger partial charge is 0.466 e. The van der Waals surface area contributed by atoms with Crippen LogP contribution in [0.4, 0.5) is 0 Å². The Hall–Kier alpha value is -1.64. The van der Waals surface area contributed by atoms with Crippen LogP contribution < -0.4 is 0 Å². The quantitative estimate of drug-likeness (QED) is 0.775. The van der Waals surface area contributed by atoms with Gasteiger partial charge in [-0.3, -0.25) is 9.59 Å². The van der Waals surface area contributed by atoms with E-state index in [1.807, 2.05) is 25.1 Å². The molecule has 0 aromatic heterocycles. The summed E-state index contributed by atoms with van der Waals surface area (Å²) in [4.78, 5) is 23.7. The summed E-state index contributed by atoms with van der Waals surface area (Å²) in [7, 11) is 0. The van der Waals surface area contributed by atoms with Crippen LogP contribution in [0.1, 0.15) is 38.2 Å². The molecule has 20 heavy (non-hydrogen) atoms. The van der Waals surface area contributed by atoms with Crippen LogP contribution in [0.2, 0.25) is 0 Å². The van der Waals surface area contributed by atoms with Gasteiger partial charge in [0.2, 0.25) is 0 Å². The van der Waals surface area contributed by atoms with Gasteiger partial charge in [-0.2, -0.15) is 0 Å². The summed E-state index contributed by atoms with van der Waals surface area (Å²) in [5, 5.41) is 0. The lowest BCUT2D eigenvalue weighted by Gasteiger charge is -2.29. The lowest BCUT2D eigenvalue weighted by Crippen LogP contribution is -2.32. The molecule has 0 aliphatic heterocycles. The predicted molar refractivity (Wildman–Crippen MR) is 77.2 cm³/mol. The van der Waals surface area contributed by atoms with Crippen molar-refractivity contribution in [1.82, 2.24) is 0 Å². The first kappa shape index (κ1) is 14.8. The maximum absolute atomic E-state index is 12.0. The van der Waals surface area contributed by atoms with Crippen LogP contribution in [0.15, 0.2) is 30.3 Å². The Labute approximate surface area is 120 Å². The molecule has 0 saturated heterocycles. The first-order chi connectivity index (χ1) is 9.70. The summed E-state index contributed by atoms with van der Waals surface area (Å²) in [5.74, 6) is 0.188. The van der Waals surface area contributed by atoms with Crippen molar-refractivity contribution in [2.24, 2.45) is 11.8 Å². The smallest absolute Gasteiger partial charge is 0.309 e. The molecular weight excluding hydrogens is 252 g/mol. The third-order valence-corrected chi connectivity index (χ3v) is 4.03. The Morgan fingerprint density at radius 3 is 2.75 bits per heavy atom. The first-order valence-electron chi connectivity index (χ1n) is 7.43. The molecule has 1 aromatic rings. The van der Waals surface area contributed by atoms with Crippen LogP contribution in [0.3, 0.4) is 0 Å². The highest BCUT2D eigenvalue weighted by atomic mass is 16.5. The molecule has 0 amide bonds. The van der Waals surface area contributed by atoms with E-state index in [9.17, 15) is 9.59 Å². The average Bonchev–Trinajstić information content (AvgIpc) is 2.46. The predicted octanol–water partition coefficient (Wildman–Crippen LogP) is 3.17. The van der Waals surface area contributed by atoms with E-state index in [1.54, 1.807) is 0 Å². The van der Waals surface area contributed by atoms with Crippen molar-refractivity contribution in [1.29, 1.82) is 0 Å². The van der Waals surface area contributed by atoms with Crippen molar-refractivity contribution < 1.29 is 14.3 Å². The number of ether oxygens (including phenoxy) is 1. The fraction of sp³-hybridized carbons (Fsp3) is 0.529. The zero-order valence-electron chi connectivity index (χ0n) is 12.0. The van der Waals surface area contributed by atoms with Crippen molar-refractivity contribution in [2.45, 2.75) is 39.0 Å². The van der Waals surface area contributed by atoms with E-state index in [1.165, 1.54) is 5.56 Å². The Balaban J connectivity index is 1.97. The van der Waals surface area contributed by atoms with Crippen molar-refractivity contribution in [3.8, 4) is 0 Å². The van der Waals surface area contributed by atoms with Gasteiger partial charge in [0.25, 0.3) is 0 Å². The molecule has 2 rings (SSSR count). The second-order valence-corrected chi connectivity index (χ2v) is 5.42. The van der Waals surface area contributed by atoms with E-state index >= 15 is 0 Å². The zero-order chi connectivity index (χ0) is 14.4. The molecular formula is C17H22O3. The summed E-state index contributed by atoms with van der Waals surface area (Å²) >= 11 is 0. The van der Waals surface area contributed by atoms with Crippen LogP contribution in [-0.2, 0) is 20.7 Å².